The van der Waals surface area contributed by atoms with Gasteiger partial charge < -0.3 is 14.4 Å². The van der Waals surface area contributed by atoms with Crippen LogP contribution in [0.15, 0.2) is 91.7 Å². The number of fused-ring (bicyclic) bond motifs is 1. The van der Waals surface area contributed by atoms with Crippen LogP contribution in [0.1, 0.15) is 4.88 Å². The summed E-state index contributed by atoms with van der Waals surface area (Å²) in [5.74, 6) is 1.75. The van der Waals surface area contributed by atoms with Gasteiger partial charge in [-0.2, -0.15) is 0 Å². The maximum Gasteiger partial charge on any atom is 0.180 e. The third-order valence-corrected chi connectivity index (χ3v) is 5.84. The minimum atomic E-state index is 0.588. The number of hydrogen-bond donors (Lipinski definition) is 0. The Hall–Kier alpha value is -3.24. The maximum absolute atomic E-state index is 5.91. The average Bonchev–Trinajstić information content (AvgIpc) is 3.11. The summed E-state index contributed by atoms with van der Waals surface area (Å²) in [7, 11) is 0. The highest BCUT2D eigenvalue weighted by molar-refractivity contribution is 7.16. The van der Waals surface area contributed by atoms with Crippen molar-refractivity contribution in [2.75, 3.05) is 18.1 Å². The topological polar surface area (TPSA) is 21.7 Å². The van der Waals surface area contributed by atoms with Crippen molar-refractivity contribution in [3.05, 3.63) is 96.6 Å². The molecule has 1 aromatic heterocycles. The Morgan fingerprint density at radius 1 is 0.931 bits per heavy atom. The highest BCUT2D eigenvalue weighted by Crippen LogP contribution is 2.49. The van der Waals surface area contributed by atoms with E-state index in [9.17, 15) is 0 Å². The summed E-state index contributed by atoms with van der Waals surface area (Å²) < 4.78 is 11.7. The quantitative estimate of drug-likeness (QED) is 0.420. The molecule has 2 heterocycles. The molecule has 0 atom stereocenters. The van der Waals surface area contributed by atoms with E-state index in [1.54, 1.807) is 17.4 Å². The third kappa shape index (κ3) is 3.71. The first-order chi connectivity index (χ1) is 14.2. The number of aryl methyl sites for hydroxylation is 1. The lowest BCUT2D eigenvalue weighted by molar-refractivity contribution is 0.173. The number of allylic oxidation sites excluding steroid dienone is 3. The second kappa shape index (κ2) is 8.41. The summed E-state index contributed by atoms with van der Waals surface area (Å²) in [5, 5.41) is 0. The molecule has 0 bridgehead atoms. The van der Waals surface area contributed by atoms with Crippen molar-refractivity contribution in [3.63, 3.8) is 0 Å². The van der Waals surface area contributed by atoms with Gasteiger partial charge in [-0.05, 0) is 48.9 Å². The second-order valence-electron chi connectivity index (χ2n) is 6.59. The van der Waals surface area contributed by atoms with Crippen LogP contribution < -0.4 is 14.4 Å². The van der Waals surface area contributed by atoms with Gasteiger partial charge in [0.2, 0.25) is 0 Å². The molecule has 4 rings (SSSR count). The minimum absolute atomic E-state index is 0.588. The normalized spacial score (nSPS) is 13.1. The zero-order valence-electron chi connectivity index (χ0n) is 16.4. The number of rotatable bonds is 6. The molecule has 2 aromatic carbocycles. The van der Waals surface area contributed by atoms with Crippen LogP contribution in [0.3, 0.4) is 0 Å². The molecule has 0 saturated carbocycles. The highest BCUT2D eigenvalue weighted by atomic mass is 32.1. The molecule has 0 radical (unpaired) electrons. The van der Waals surface area contributed by atoms with Gasteiger partial charge in [-0.15, -0.1) is 11.3 Å². The number of hydrogen-bond acceptors (Lipinski definition) is 4. The number of para-hydroxylation sites is 1. The number of nitrogens with zero attached hydrogens (tertiary/aromatic N) is 1. The van der Waals surface area contributed by atoms with Crippen LogP contribution in [0.25, 0.3) is 10.4 Å². The van der Waals surface area contributed by atoms with Crippen LogP contribution >= 0.6 is 11.3 Å². The summed E-state index contributed by atoms with van der Waals surface area (Å²) in [6.07, 6.45) is 5.57. The van der Waals surface area contributed by atoms with E-state index in [0.29, 0.717) is 13.2 Å². The SMILES string of the molecule is C=C/C=C(\C=C)N(c1ccccc1)c1ccc(-c2sc(C)c3c2OCCO3)cc1. The highest BCUT2D eigenvalue weighted by Gasteiger charge is 2.23. The number of anilines is 2. The van der Waals surface area contributed by atoms with Gasteiger partial charge in [-0.3, -0.25) is 0 Å². The first-order valence-electron chi connectivity index (χ1n) is 9.52. The van der Waals surface area contributed by atoms with E-state index < -0.39 is 0 Å². The van der Waals surface area contributed by atoms with Gasteiger partial charge in [0, 0.05) is 21.9 Å². The number of ether oxygens (including phenoxy) is 2. The predicted octanol–water partition coefficient (Wildman–Crippen LogP) is 6.89. The lowest BCUT2D eigenvalue weighted by atomic mass is 10.1. The van der Waals surface area contributed by atoms with Gasteiger partial charge in [0.1, 0.15) is 13.2 Å². The molecule has 0 aliphatic carbocycles. The molecule has 0 amide bonds. The molecule has 0 N–H and O–H groups in total. The summed E-state index contributed by atoms with van der Waals surface area (Å²) in [5.41, 5.74) is 4.19. The Morgan fingerprint density at radius 2 is 1.59 bits per heavy atom. The van der Waals surface area contributed by atoms with Crippen LogP contribution in [-0.2, 0) is 0 Å². The minimum Gasteiger partial charge on any atom is -0.485 e. The van der Waals surface area contributed by atoms with Crippen LogP contribution in [0.5, 0.6) is 11.5 Å². The fourth-order valence-corrected chi connectivity index (χ4v) is 4.47. The molecule has 29 heavy (non-hydrogen) atoms. The Bertz CT molecular complexity index is 1050. The van der Waals surface area contributed by atoms with Crippen molar-refractivity contribution in [3.8, 4) is 21.9 Å². The Kier molecular flexibility index (Phi) is 5.54. The molecule has 3 nitrogen and oxygen atoms in total. The van der Waals surface area contributed by atoms with E-state index in [2.05, 4.69) is 61.4 Å². The first-order valence-corrected chi connectivity index (χ1v) is 10.3. The average molecular weight is 402 g/mol. The van der Waals surface area contributed by atoms with E-state index in [0.717, 1.165) is 43.9 Å². The molecule has 0 unspecified atom stereocenters. The number of thiophene rings is 1. The van der Waals surface area contributed by atoms with Gasteiger partial charge in [0.05, 0.1) is 4.88 Å². The zero-order valence-corrected chi connectivity index (χ0v) is 17.2. The van der Waals surface area contributed by atoms with Crippen molar-refractivity contribution in [2.45, 2.75) is 6.92 Å². The van der Waals surface area contributed by atoms with Crippen LogP contribution in [-0.4, -0.2) is 13.2 Å². The zero-order chi connectivity index (χ0) is 20.2. The van der Waals surface area contributed by atoms with E-state index in [1.807, 2.05) is 30.4 Å². The van der Waals surface area contributed by atoms with Crippen molar-refractivity contribution in [1.82, 2.24) is 0 Å². The van der Waals surface area contributed by atoms with Gasteiger partial charge in [0.15, 0.2) is 11.5 Å². The van der Waals surface area contributed by atoms with E-state index in [1.165, 1.54) is 0 Å². The van der Waals surface area contributed by atoms with Crippen molar-refractivity contribution in [2.24, 2.45) is 0 Å². The fraction of sp³-hybridized carbons (Fsp3) is 0.120. The Morgan fingerprint density at radius 3 is 2.24 bits per heavy atom. The van der Waals surface area contributed by atoms with Gasteiger partial charge in [-0.1, -0.05) is 49.6 Å². The summed E-state index contributed by atoms with van der Waals surface area (Å²) in [6.45, 7) is 11.1. The lowest BCUT2D eigenvalue weighted by Gasteiger charge is -2.26. The van der Waals surface area contributed by atoms with Crippen molar-refractivity contribution < 1.29 is 9.47 Å². The van der Waals surface area contributed by atoms with Gasteiger partial charge in [0.25, 0.3) is 0 Å². The monoisotopic (exact) mass is 401 g/mol. The van der Waals surface area contributed by atoms with Crippen molar-refractivity contribution >= 4 is 22.7 Å². The third-order valence-electron chi connectivity index (χ3n) is 4.72. The molecule has 1 aliphatic rings. The van der Waals surface area contributed by atoms with E-state index in [4.69, 9.17) is 9.47 Å². The van der Waals surface area contributed by atoms with Crippen LogP contribution in [0, 0.1) is 6.92 Å². The van der Waals surface area contributed by atoms with E-state index in [-0.39, 0.29) is 0 Å². The number of benzene rings is 2. The van der Waals surface area contributed by atoms with Crippen LogP contribution in [0.2, 0.25) is 0 Å². The van der Waals surface area contributed by atoms with E-state index >= 15 is 0 Å². The molecule has 4 heteroatoms. The van der Waals surface area contributed by atoms with Crippen molar-refractivity contribution in [1.29, 1.82) is 0 Å². The van der Waals surface area contributed by atoms with Gasteiger partial charge in [-0.25, -0.2) is 0 Å². The largest absolute Gasteiger partial charge is 0.485 e. The molecule has 0 spiro atoms. The fourth-order valence-electron chi connectivity index (χ4n) is 3.43. The first kappa shape index (κ1) is 19.1. The Balaban J connectivity index is 1.74. The predicted molar refractivity (Wildman–Crippen MR) is 123 cm³/mol. The smallest absolute Gasteiger partial charge is 0.180 e. The molecule has 0 saturated heterocycles. The standard InChI is InChI=1S/C25H23NO2S/c1-4-9-20(5-2)26(21-10-7-6-8-11-21)22-14-12-19(13-15-22)25-24-23(18(3)29-25)27-16-17-28-24/h4-15H,1-2,16-17H2,3H3/b20-9+. The summed E-state index contributed by atoms with van der Waals surface area (Å²) >= 11 is 1.71. The second-order valence-corrected chi connectivity index (χ2v) is 7.82. The molecular weight excluding hydrogens is 378 g/mol. The molecule has 146 valence electrons. The molecule has 3 aromatic rings. The maximum atomic E-state index is 5.91. The Labute approximate surface area is 175 Å². The van der Waals surface area contributed by atoms with Crippen LogP contribution in [0.4, 0.5) is 11.4 Å². The summed E-state index contributed by atoms with van der Waals surface area (Å²) in [4.78, 5) is 4.42. The molecule has 0 fully saturated rings. The summed E-state index contributed by atoms with van der Waals surface area (Å²) in [6, 6.07) is 18.7. The molecule has 1 aliphatic heterocycles. The molecular formula is C25H23NO2S. The lowest BCUT2D eigenvalue weighted by Crippen LogP contribution is -2.15. The van der Waals surface area contributed by atoms with Gasteiger partial charge >= 0.3 is 0 Å².